The van der Waals surface area contributed by atoms with Gasteiger partial charge in [0.1, 0.15) is 11.5 Å². The molecule has 2 aromatic rings. The molecule has 0 aliphatic carbocycles. The fourth-order valence-electron chi connectivity index (χ4n) is 2.82. The summed E-state index contributed by atoms with van der Waals surface area (Å²) < 4.78 is 11.0. The third-order valence-electron chi connectivity index (χ3n) is 4.54. The summed E-state index contributed by atoms with van der Waals surface area (Å²) in [5.74, 6) is 0.748. The molecule has 2 aromatic carbocycles. The van der Waals surface area contributed by atoms with Gasteiger partial charge in [-0.3, -0.25) is 4.79 Å². The molecule has 0 bridgehead atoms. The highest BCUT2D eigenvalue weighted by Gasteiger charge is 2.03. The summed E-state index contributed by atoms with van der Waals surface area (Å²) in [4.78, 5) is 23.2. The highest BCUT2D eigenvalue weighted by molar-refractivity contribution is 5.94. The number of carbonyl (C=O) groups excluding carboxylic acids is 2. The number of ketones is 1. The Kier molecular flexibility index (Phi) is 9.70. The van der Waals surface area contributed by atoms with Gasteiger partial charge in [0.2, 0.25) is 0 Å². The Hall–Kier alpha value is -2.88. The van der Waals surface area contributed by atoms with Crippen molar-refractivity contribution in [2.24, 2.45) is 0 Å². The lowest BCUT2D eigenvalue weighted by atomic mass is 10.1. The van der Waals surface area contributed by atoms with E-state index in [1.54, 1.807) is 30.3 Å². The monoisotopic (exact) mass is 394 g/mol. The molecule has 0 aliphatic heterocycles. The number of rotatable bonds is 12. The molecule has 0 N–H and O–H groups in total. The summed E-state index contributed by atoms with van der Waals surface area (Å²) in [6.45, 7) is 4.45. The number of ether oxygens (including phenoxy) is 2. The normalized spacial score (nSPS) is 10.8. The summed E-state index contributed by atoms with van der Waals surface area (Å²) >= 11 is 0. The van der Waals surface area contributed by atoms with Crippen LogP contribution in [-0.4, -0.2) is 18.4 Å². The van der Waals surface area contributed by atoms with Crippen LogP contribution in [0.3, 0.4) is 0 Å². The zero-order valence-corrected chi connectivity index (χ0v) is 17.4. The van der Waals surface area contributed by atoms with Crippen LogP contribution in [0.15, 0.2) is 54.6 Å². The van der Waals surface area contributed by atoms with Crippen LogP contribution in [0.25, 0.3) is 6.08 Å². The molecule has 0 aliphatic rings. The molecule has 0 saturated heterocycles. The summed E-state index contributed by atoms with van der Waals surface area (Å²) in [5.41, 5.74) is 1.47. The molecule has 0 spiro atoms. The molecule has 0 heterocycles. The predicted octanol–water partition coefficient (Wildman–Crippen LogP) is 6.25. The topological polar surface area (TPSA) is 52.6 Å². The van der Waals surface area contributed by atoms with Gasteiger partial charge in [-0.1, -0.05) is 51.2 Å². The van der Waals surface area contributed by atoms with Crippen molar-refractivity contribution in [3.05, 3.63) is 65.7 Å². The Morgan fingerprint density at radius 1 is 0.828 bits per heavy atom. The first-order valence-electron chi connectivity index (χ1n) is 10.3. The smallest absolute Gasteiger partial charge is 0.336 e. The number of Topliss-reactive ketones (excluding diaryl/α,β-unsaturated/α-hetero) is 1. The van der Waals surface area contributed by atoms with Gasteiger partial charge in [0.15, 0.2) is 5.78 Å². The molecule has 0 radical (unpaired) electrons. The van der Waals surface area contributed by atoms with Gasteiger partial charge in [0.25, 0.3) is 0 Å². The SMILES string of the molecule is CCCCCCCCOc1ccc(/C=C/C(=O)Oc2ccc(C(C)=O)cc2)cc1. The maximum Gasteiger partial charge on any atom is 0.336 e. The van der Waals surface area contributed by atoms with E-state index in [2.05, 4.69) is 6.92 Å². The van der Waals surface area contributed by atoms with E-state index in [4.69, 9.17) is 9.47 Å². The van der Waals surface area contributed by atoms with Gasteiger partial charge in [-0.2, -0.15) is 0 Å². The van der Waals surface area contributed by atoms with Crippen LogP contribution < -0.4 is 9.47 Å². The molecule has 2 rings (SSSR count). The highest BCUT2D eigenvalue weighted by Crippen LogP contribution is 2.16. The summed E-state index contributed by atoms with van der Waals surface area (Å²) in [5, 5.41) is 0. The second kappa shape index (κ2) is 12.6. The highest BCUT2D eigenvalue weighted by atomic mass is 16.5. The third kappa shape index (κ3) is 8.77. The van der Waals surface area contributed by atoms with Gasteiger partial charge in [0, 0.05) is 11.6 Å². The fourth-order valence-corrected chi connectivity index (χ4v) is 2.82. The first-order valence-corrected chi connectivity index (χ1v) is 10.3. The number of esters is 1. The summed E-state index contributed by atoms with van der Waals surface area (Å²) in [7, 11) is 0. The first kappa shape index (κ1) is 22.4. The van der Waals surface area contributed by atoms with Crippen molar-refractivity contribution in [2.75, 3.05) is 6.61 Å². The molecule has 29 heavy (non-hydrogen) atoms. The molecule has 4 nitrogen and oxygen atoms in total. The van der Waals surface area contributed by atoms with Crippen LogP contribution in [0.2, 0.25) is 0 Å². The molecular weight excluding hydrogens is 364 g/mol. The van der Waals surface area contributed by atoms with Gasteiger partial charge in [-0.25, -0.2) is 4.79 Å². The Labute approximate surface area is 173 Å². The van der Waals surface area contributed by atoms with Crippen LogP contribution in [-0.2, 0) is 4.79 Å². The lowest BCUT2D eigenvalue weighted by molar-refractivity contribution is -0.128. The maximum atomic E-state index is 11.9. The molecule has 0 amide bonds. The molecule has 154 valence electrons. The van der Waals surface area contributed by atoms with Crippen molar-refractivity contribution >= 4 is 17.8 Å². The van der Waals surface area contributed by atoms with Gasteiger partial charge >= 0.3 is 5.97 Å². The second-order valence-corrected chi connectivity index (χ2v) is 7.02. The van der Waals surface area contributed by atoms with Crippen LogP contribution in [0, 0.1) is 0 Å². The van der Waals surface area contributed by atoms with E-state index in [0.717, 1.165) is 24.3 Å². The van der Waals surface area contributed by atoms with Crippen LogP contribution in [0.1, 0.15) is 68.3 Å². The Balaban J connectivity index is 1.73. The van der Waals surface area contributed by atoms with Crippen molar-refractivity contribution in [1.82, 2.24) is 0 Å². The summed E-state index contributed by atoms with van der Waals surface area (Å²) in [6, 6.07) is 14.1. The average Bonchev–Trinajstić information content (AvgIpc) is 2.73. The predicted molar refractivity (Wildman–Crippen MR) is 116 cm³/mol. The summed E-state index contributed by atoms with van der Waals surface area (Å²) in [6.07, 6.45) is 10.5. The lowest BCUT2D eigenvalue weighted by Gasteiger charge is -2.06. The largest absolute Gasteiger partial charge is 0.494 e. The Morgan fingerprint density at radius 3 is 2.10 bits per heavy atom. The van der Waals surface area contributed by atoms with Crippen molar-refractivity contribution < 1.29 is 19.1 Å². The Bertz CT molecular complexity index is 789. The van der Waals surface area contributed by atoms with E-state index < -0.39 is 5.97 Å². The van der Waals surface area contributed by atoms with E-state index >= 15 is 0 Å². The molecular formula is C25H30O4. The molecule has 4 heteroatoms. The van der Waals surface area contributed by atoms with Gasteiger partial charge in [-0.05, 0) is 61.4 Å². The fraction of sp³-hybridized carbons (Fsp3) is 0.360. The van der Waals surface area contributed by atoms with Gasteiger partial charge < -0.3 is 9.47 Å². The van der Waals surface area contributed by atoms with Gasteiger partial charge in [-0.15, -0.1) is 0 Å². The molecule has 0 atom stereocenters. The zero-order chi connectivity index (χ0) is 20.9. The van der Waals surface area contributed by atoms with Gasteiger partial charge in [0.05, 0.1) is 6.61 Å². The first-order chi connectivity index (χ1) is 14.1. The van der Waals surface area contributed by atoms with Crippen LogP contribution >= 0.6 is 0 Å². The van der Waals surface area contributed by atoms with Crippen molar-refractivity contribution in [3.63, 3.8) is 0 Å². The maximum absolute atomic E-state index is 11.9. The number of hydrogen-bond acceptors (Lipinski definition) is 4. The third-order valence-corrected chi connectivity index (χ3v) is 4.54. The van der Waals surface area contributed by atoms with E-state index in [1.807, 2.05) is 24.3 Å². The zero-order valence-electron chi connectivity index (χ0n) is 17.4. The average molecular weight is 395 g/mol. The standard InChI is InChI=1S/C25H30O4/c1-3-4-5-6-7-8-19-28-23-14-9-21(10-15-23)11-18-25(27)29-24-16-12-22(13-17-24)20(2)26/h9-18H,3-8,19H2,1-2H3/b18-11+. The van der Waals surface area contributed by atoms with E-state index in [-0.39, 0.29) is 5.78 Å². The molecule has 0 fully saturated rings. The quantitative estimate of drug-likeness (QED) is 0.140. The van der Waals surface area contributed by atoms with Crippen LogP contribution in [0.4, 0.5) is 0 Å². The molecule has 0 saturated carbocycles. The van der Waals surface area contributed by atoms with Crippen molar-refractivity contribution in [3.8, 4) is 11.5 Å². The van der Waals surface area contributed by atoms with E-state index in [0.29, 0.717) is 11.3 Å². The van der Waals surface area contributed by atoms with Crippen LogP contribution in [0.5, 0.6) is 11.5 Å². The molecule has 0 unspecified atom stereocenters. The lowest BCUT2D eigenvalue weighted by Crippen LogP contribution is -2.04. The Morgan fingerprint density at radius 2 is 1.45 bits per heavy atom. The van der Waals surface area contributed by atoms with E-state index in [1.165, 1.54) is 45.1 Å². The van der Waals surface area contributed by atoms with E-state index in [9.17, 15) is 9.59 Å². The number of carbonyl (C=O) groups is 2. The molecule has 0 aromatic heterocycles. The van der Waals surface area contributed by atoms with Crippen molar-refractivity contribution in [2.45, 2.75) is 52.4 Å². The minimum Gasteiger partial charge on any atom is -0.494 e. The second-order valence-electron chi connectivity index (χ2n) is 7.02. The van der Waals surface area contributed by atoms with Crippen molar-refractivity contribution in [1.29, 1.82) is 0 Å². The number of benzene rings is 2. The number of unbranched alkanes of at least 4 members (excludes halogenated alkanes) is 5. The number of hydrogen-bond donors (Lipinski definition) is 0. The minimum atomic E-state index is -0.469. The minimum absolute atomic E-state index is 0.0258.